The maximum atomic E-state index is 13.4. The lowest BCUT2D eigenvalue weighted by Gasteiger charge is -2.30. The second kappa shape index (κ2) is 36.3. The maximum absolute atomic E-state index is 13.4. The van der Waals surface area contributed by atoms with Crippen LogP contribution in [-0.2, 0) is 83.6 Å². The van der Waals surface area contributed by atoms with E-state index in [4.69, 9.17) is 62.8 Å². The van der Waals surface area contributed by atoms with Crippen LogP contribution in [0.4, 0.5) is 13.2 Å². The van der Waals surface area contributed by atoms with Gasteiger partial charge in [0.25, 0.3) is 5.56 Å². The first-order chi connectivity index (χ1) is 62.2. The third-order valence-electron chi connectivity index (χ3n) is 23.4. The van der Waals surface area contributed by atoms with Gasteiger partial charge in [-0.25, -0.2) is 18.4 Å². The lowest BCUT2D eigenvalue weighted by molar-refractivity contribution is -0.139. The van der Waals surface area contributed by atoms with Gasteiger partial charge in [-0.1, -0.05) is 60.7 Å². The molecule has 6 aromatic heterocycles. The average Bonchev–Trinajstić information content (AvgIpc) is 0.730. The van der Waals surface area contributed by atoms with Gasteiger partial charge in [-0.2, -0.15) is 13.2 Å². The molecule has 131 heavy (non-hydrogen) atoms. The van der Waals surface area contributed by atoms with Crippen LogP contribution in [0.2, 0.25) is 0 Å². The minimum atomic E-state index is -4.46. The van der Waals surface area contributed by atoms with Crippen molar-refractivity contribution in [1.29, 1.82) is 0 Å². The van der Waals surface area contributed by atoms with Crippen LogP contribution < -0.4 is 29.2 Å². The number of aromatic nitrogens is 6. The van der Waals surface area contributed by atoms with Crippen LogP contribution in [0.5, 0.6) is 29.0 Å². The summed E-state index contributed by atoms with van der Waals surface area (Å²) in [6, 6.07) is 56.2. The quantitative estimate of drug-likeness (QED) is 0.0649. The van der Waals surface area contributed by atoms with Crippen molar-refractivity contribution >= 4 is 92.6 Å². The molecule has 0 N–H and O–H groups in total. The fourth-order valence-corrected chi connectivity index (χ4v) is 18.8. The number of Topliss-reactive ketones (excluding diaryl/α,β-unsaturated/α-hetero) is 3. The first-order valence-corrected chi connectivity index (χ1v) is 45.6. The Morgan fingerprint density at radius 3 is 1.24 bits per heavy atom. The zero-order valence-corrected chi connectivity index (χ0v) is 77.0. The lowest BCUT2D eigenvalue weighted by atomic mass is 9.85. The van der Waals surface area contributed by atoms with Gasteiger partial charge >= 0.3 is 6.18 Å². The number of ketones is 3. The standard InChI is InChI=1S/C36H33F3N2O4.C36H36N2O6S.C35H34N2O4/c1-20-18-27-25(11-13-29(43)41(27)19-22-6-8-24(9-7-22)36(37,38)39)32(30(20)34(21(2)42)45-35(3,4)5)26-10-12-28-31-23(15-17-44-28)14-16-40-33(26)31;1-21-19-27-25(12-14-30(38-27)43-20-24-9-7-8-10-29(24)45(6,40)41)33(31(21)35(22(2)39)44-36(3,4)5)26-11-13-28-32-23(16-18-42-28)15-17-37-34(26)32;1-21-19-27-25(12-14-29(37-27)40-20-23-9-7-6-8-10-23)32(30(21)34(22(2)38)41-35(3,4)5)26-11-13-28-31-24(16-18-39-28)15-17-36-33(26)31/h6-14,16,18,34H,15,17,19H2,1-5H3;7-15,17,19,35H,16,18,20H2,1-6H3;6-15,17,19,34H,16,18,20H2,1-5H3/t34-;35-;34-/m111/s1. The Morgan fingerprint density at radius 1 is 0.450 bits per heavy atom. The SMILES string of the molecule is CC(=O)[C@@H](OC(C)(C)C)c1c(C)cc2c(ccc(=O)n2Cc2ccc(C(F)(F)F)cc2)c1-c1ccc2c3c(ccnc13)CCO2.CC(=O)[C@@H](OC(C)(C)C)c1c(C)cc2nc(OCc3ccccc3)ccc2c1-c1ccc2c3c(ccnc13)CCO2.CC(=O)[C@@H](OC(C)(C)C)c1c(C)cc2nc(OCc3ccccc3S(C)(=O)=O)ccc2c1-c1ccc2c3c(ccnc13)CCO2. The zero-order valence-electron chi connectivity index (χ0n) is 76.2. The van der Waals surface area contributed by atoms with Gasteiger partial charge in [0.05, 0.1) is 86.7 Å². The number of sulfone groups is 1. The molecule has 0 amide bonds. The number of nitrogens with zero attached hydrogens (tertiary/aromatic N) is 6. The van der Waals surface area contributed by atoms with Gasteiger partial charge in [0.15, 0.2) is 27.2 Å². The van der Waals surface area contributed by atoms with E-state index in [0.29, 0.717) is 82.4 Å². The molecule has 0 fully saturated rings. The first-order valence-electron chi connectivity index (χ1n) is 43.7. The molecule has 0 bridgehead atoms. The second-order valence-corrected chi connectivity index (χ2v) is 38.6. The van der Waals surface area contributed by atoms with Crippen LogP contribution in [-0.4, -0.2) is 98.1 Å². The van der Waals surface area contributed by atoms with Gasteiger partial charge in [0, 0.05) is 117 Å². The number of alkyl halides is 3. The van der Waals surface area contributed by atoms with Crippen molar-refractivity contribution in [3.05, 3.63) is 289 Å². The smallest absolute Gasteiger partial charge is 0.416 e. The highest BCUT2D eigenvalue weighted by Gasteiger charge is 2.37. The molecule has 18 rings (SSSR count). The Hall–Kier alpha value is -13.1. The maximum Gasteiger partial charge on any atom is 0.416 e. The van der Waals surface area contributed by atoms with Crippen molar-refractivity contribution in [3.8, 4) is 62.4 Å². The van der Waals surface area contributed by atoms with E-state index in [1.54, 1.807) is 61.0 Å². The largest absolute Gasteiger partial charge is 0.493 e. The highest BCUT2D eigenvalue weighted by molar-refractivity contribution is 7.90. The van der Waals surface area contributed by atoms with E-state index in [9.17, 15) is 40.8 Å². The Kier molecular flexibility index (Phi) is 25.3. The molecule has 0 aliphatic carbocycles. The Balaban J connectivity index is 0.000000144. The van der Waals surface area contributed by atoms with E-state index in [2.05, 4.69) is 6.07 Å². The van der Waals surface area contributed by atoms with Crippen molar-refractivity contribution < 1.29 is 73.9 Å². The van der Waals surface area contributed by atoms with Crippen LogP contribution in [0, 0.1) is 20.8 Å². The number of halogens is 3. The number of carbonyl (C=O) groups is 3. The number of carbonyl (C=O) groups excluding carboxylic acids is 3. The number of ether oxygens (including phenoxy) is 8. The van der Waals surface area contributed by atoms with Crippen molar-refractivity contribution in [2.75, 3.05) is 26.1 Å². The molecule has 0 radical (unpaired) electrons. The molecule has 3 aliphatic heterocycles. The minimum Gasteiger partial charge on any atom is -0.493 e. The monoisotopic (exact) mass is 1780 g/mol. The number of aryl methyl sites for hydroxylation is 3. The topological polar surface area (TPSA) is 246 Å². The predicted octanol–water partition coefficient (Wildman–Crippen LogP) is 22.8. The number of benzene rings is 9. The summed E-state index contributed by atoms with van der Waals surface area (Å²) in [5.74, 6) is 2.90. The highest BCUT2D eigenvalue weighted by Crippen LogP contribution is 2.51. The summed E-state index contributed by atoms with van der Waals surface area (Å²) in [6.07, 6.45) is 2.00. The number of fused-ring (bicyclic) bond motifs is 3. The van der Waals surface area contributed by atoms with Crippen LogP contribution in [0.1, 0.15) is 174 Å². The van der Waals surface area contributed by atoms with Crippen molar-refractivity contribution in [3.63, 3.8) is 0 Å². The van der Waals surface area contributed by atoms with Gasteiger partial charge in [-0.3, -0.25) is 34.1 Å². The molecule has 15 aromatic rings. The highest BCUT2D eigenvalue weighted by atomic mass is 32.2. The molecular formula is C107H103F3N6O14S. The van der Waals surface area contributed by atoms with Crippen molar-refractivity contribution in [1.82, 2.24) is 29.5 Å². The van der Waals surface area contributed by atoms with Crippen LogP contribution in [0.15, 0.2) is 216 Å². The number of pyridine rings is 6. The summed E-state index contributed by atoms with van der Waals surface area (Å²) in [4.78, 5) is 77.5. The second-order valence-electron chi connectivity index (χ2n) is 36.6. The fraction of sp³-hybridized carbons (Fsp3) is 0.299. The van der Waals surface area contributed by atoms with E-state index < -0.39 is 56.7 Å². The molecule has 9 aromatic carbocycles. The van der Waals surface area contributed by atoms with Crippen LogP contribution >= 0.6 is 0 Å². The summed E-state index contributed by atoms with van der Waals surface area (Å²) >= 11 is 0. The molecule has 3 aliphatic rings. The summed E-state index contributed by atoms with van der Waals surface area (Å²) in [6.45, 7) is 30.2. The molecule has 0 saturated carbocycles. The van der Waals surface area contributed by atoms with E-state index in [1.807, 2.05) is 211 Å². The predicted molar refractivity (Wildman–Crippen MR) is 504 cm³/mol. The molecule has 3 atom stereocenters. The van der Waals surface area contributed by atoms with Gasteiger partial charge in [-0.05, 0) is 291 Å². The Bertz CT molecular complexity index is 7210. The third-order valence-corrected chi connectivity index (χ3v) is 24.6. The molecule has 0 saturated heterocycles. The Labute approximate surface area is 758 Å². The van der Waals surface area contributed by atoms with Gasteiger partial charge < -0.3 is 42.5 Å². The third kappa shape index (κ3) is 19.3. The van der Waals surface area contributed by atoms with Gasteiger partial charge in [0.2, 0.25) is 11.8 Å². The summed E-state index contributed by atoms with van der Waals surface area (Å²) in [5, 5.41) is 5.28. The molecule has 20 nitrogen and oxygen atoms in total. The molecule has 9 heterocycles. The lowest BCUT2D eigenvalue weighted by Crippen LogP contribution is -2.27. The summed E-state index contributed by atoms with van der Waals surface area (Å²) in [5.41, 5.74) is 16.9. The molecule has 0 spiro atoms. The normalized spacial score (nSPS) is 13.9. The van der Waals surface area contributed by atoms with E-state index in [0.717, 1.165) is 159 Å². The zero-order chi connectivity index (χ0) is 93.1. The summed E-state index contributed by atoms with van der Waals surface area (Å²) < 4.78 is 115. The molecule has 24 heteroatoms. The van der Waals surface area contributed by atoms with Crippen molar-refractivity contribution in [2.45, 2.75) is 189 Å². The first kappa shape index (κ1) is 91.2. The van der Waals surface area contributed by atoms with Crippen LogP contribution in [0.25, 0.3) is 98.8 Å². The van der Waals surface area contributed by atoms with E-state index in [1.165, 1.54) is 42.5 Å². The molecule has 672 valence electrons. The van der Waals surface area contributed by atoms with Crippen LogP contribution in [0.3, 0.4) is 0 Å². The van der Waals surface area contributed by atoms with E-state index >= 15 is 0 Å². The number of rotatable bonds is 21. The average molecular weight is 1790 g/mol. The molecule has 0 unspecified atom stereocenters. The fourth-order valence-electron chi connectivity index (χ4n) is 17.9. The number of hydrogen-bond donors (Lipinski definition) is 0. The van der Waals surface area contributed by atoms with E-state index in [-0.39, 0.29) is 41.0 Å². The Morgan fingerprint density at radius 2 is 0.840 bits per heavy atom. The molecular weight excluding hydrogens is 1680 g/mol. The summed E-state index contributed by atoms with van der Waals surface area (Å²) in [7, 11) is -3.42. The number of hydrogen-bond acceptors (Lipinski definition) is 19. The van der Waals surface area contributed by atoms with Gasteiger partial charge in [-0.15, -0.1) is 0 Å². The minimum absolute atomic E-state index is 0.0380. The van der Waals surface area contributed by atoms with Gasteiger partial charge in [0.1, 0.15) is 48.8 Å². The van der Waals surface area contributed by atoms with Crippen molar-refractivity contribution in [2.24, 2.45) is 0 Å².